The molecule has 9 heteroatoms. The molecular weight excluding hydrogens is 422 g/mol. The van der Waals surface area contributed by atoms with Gasteiger partial charge in [0.2, 0.25) is 0 Å². The minimum absolute atomic E-state index is 0.158. The van der Waals surface area contributed by atoms with E-state index in [9.17, 15) is 8.42 Å². The van der Waals surface area contributed by atoms with Crippen molar-refractivity contribution in [2.45, 2.75) is 25.3 Å². The molecule has 2 aromatic carbocycles. The molecule has 0 spiro atoms. The van der Waals surface area contributed by atoms with E-state index in [1.807, 2.05) is 48.5 Å². The van der Waals surface area contributed by atoms with E-state index in [0.29, 0.717) is 28.6 Å². The second-order valence-electron chi connectivity index (χ2n) is 6.87. The molecule has 0 unspecified atom stereocenters. The fraction of sp³-hybridized carbons (Fsp3) is 0.143. The van der Waals surface area contributed by atoms with Crippen LogP contribution in [0.2, 0.25) is 5.02 Å². The molecule has 1 N–H and O–H groups in total. The zero-order chi connectivity index (χ0) is 21.3. The largest absolute Gasteiger partial charge is 0.276 e. The maximum Gasteiger partial charge on any atom is 0.265 e. The number of rotatable bonds is 6. The summed E-state index contributed by atoms with van der Waals surface area (Å²) in [5, 5.41) is 9.29. The second-order valence-corrected chi connectivity index (χ2v) is 8.90. The Morgan fingerprint density at radius 1 is 1.03 bits per heavy atom. The van der Waals surface area contributed by atoms with Crippen LogP contribution >= 0.6 is 11.6 Å². The molecule has 30 heavy (non-hydrogen) atoms. The van der Waals surface area contributed by atoms with E-state index in [4.69, 9.17) is 11.6 Å². The molecule has 0 amide bonds. The summed E-state index contributed by atoms with van der Waals surface area (Å²) >= 11 is 6.19. The van der Waals surface area contributed by atoms with Crippen molar-refractivity contribution in [3.05, 3.63) is 89.0 Å². The van der Waals surface area contributed by atoms with Gasteiger partial charge in [0.15, 0.2) is 0 Å². The Morgan fingerprint density at radius 2 is 1.73 bits per heavy atom. The number of para-hydroxylation sites is 1. The summed E-state index contributed by atoms with van der Waals surface area (Å²) in [4.78, 5) is 0.158. The fourth-order valence-corrected chi connectivity index (χ4v) is 4.97. The Bertz CT molecular complexity index is 1300. The van der Waals surface area contributed by atoms with Crippen LogP contribution in [0.4, 0.5) is 5.69 Å². The number of anilines is 1. The van der Waals surface area contributed by atoms with Gasteiger partial charge in [-0.1, -0.05) is 48.0 Å². The number of aryl methyl sites for hydroxylation is 1. The van der Waals surface area contributed by atoms with E-state index < -0.39 is 10.0 Å². The van der Waals surface area contributed by atoms with Crippen LogP contribution in [-0.4, -0.2) is 28.0 Å². The van der Waals surface area contributed by atoms with Gasteiger partial charge in [0.25, 0.3) is 10.0 Å². The van der Waals surface area contributed by atoms with Gasteiger partial charge >= 0.3 is 0 Å². The summed E-state index contributed by atoms with van der Waals surface area (Å²) in [6.45, 7) is 3.86. The third-order valence-electron chi connectivity index (χ3n) is 4.67. The van der Waals surface area contributed by atoms with Gasteiger partial charge in [-0.15, -0.1) is 0 Å². The molecule has 0 fully saturated rings. The first-order chi connectivity index (χ1) is 14.3. The average molecular weight is 442 g/mol. The highest BCUT2D eigenvalue weighted by Crippen LogP contribution is 2.25. The summed E-state index contributed by atoms with van der Waals surface area (Å²) in [6.07, 6.45) is 3.11. The van der Waals surface area contributed by atoms with Crippen molar-refractivity contribution in [3.63, 3.8) is 0 Å². The molecule has 4 rings (SSSR count). The van der Waals surface area contributed by atoms with Gasteiger partial charge in [-0.05, 0) is 37.6 Å². The second kappa shape index (κ2) is 7.97. The van der Waals surface area contributed by atoms with E-state index in [2.05, 4.69) is 14.9 Å². The van der Waals surface area contributed by atoms with Gasteiger partial charge in [0, 0.05) is 11.2 Å². The van der Waals surface area contributed by atoms with E-state index in [0.717, 1.165) is 11.3 Å². The molecule has 0 aliphatic carbocycles. The van der Waals surface area contributed by atoms with Crippen LogP contribution < -0.4 is 4.72 Å². The van der Waals surface area contributed by atoms with Gasteiger partial charge in [-0.25, -0.2) is 13.1 Å². The Balaban J connectivity index is 1.59. The van der Waals surface area contributed by atoms with Crippen LogP contribution in [0.1, 0.15) is 17.0 Å². The topological polar surface area (TPSA) is 81.8 Å². The molecular formula is C21H20ClN5O2S. The Hall–Kier alpha value is -3.10. The van der Waals surface area contributed by atoms with Gasteiger partial charge in [-0.2, -0.15) is 10.2 Å². The number of hydrogen-bond donors (Lipinski definition) is 1. The molecule has 0 saturated heterocycles. The predicted molar refractivity (Wildman–Crippen MR) is 117 cm³/mol. The first-order valence-corrected chi connectivity index (χ1v) is 11.1. The van der Waals surface area contributed by atoms with Crippen LogP contribution in [0.15, 0.2) is 71.9 Å². The highest BCUT2D eigenvalue weighted by Gasteiger charge is 2.25. The fourth-order valence-electron chi connectivity index (χ4n) is 3.35. The summed E-state index contributed by atoms with van der Waals surface area (Å²) < 4.78 is 32.0. The molecule has 0 aliphatic rings. The van der Waals surface area contributed by atoms with Crippen LogP contribution in [0.5, 0.6) is 0 Å². The lowest BCUT2D eigenvalue weighted by molar-refractivity contribution is 0.600. The monoisotopic (exact) mass is 441 g/mol. The summed E-state index contributed by atoms with van der Waals surface area (Å²) in [7, 11) is -3.84. The smallest absolute Gasteiger partial charge is 0.265 e. The van der Waals surface area contributed by atoms with Crippen LogP contribution in [0.25, 0.3) is 5.69 Å². The molecule has 0 atom stereocenters. The lowest BCUT2D eigenvalue weighted by atomic mass is 10.2. The van der Waals surface area contributed by atoms with Crippen molar-refractivity contribution in [1.29, 1.82) is 0 Å². The SMILES string of the molecule is Cc1nn(-c2ccccc2)c(C)c1S(=O)(=O)Nc1cnn(Cc2ccccc2Cl)c1. The van der Waals surface area contributed by atoms with Crippen molar-refractivity contribution in [2.75, 3.05) is 4.72 Å². The maximum absolute atomic E-state index is 13.1. The molecule has 154 valence electrons. The highest BCUT2D eigenvalue weighted by molar-refractivity contribution is 7.92. The van der Waals surface area contributed by atoms with E-state index in [-0.39, 0.29) is 4.90 Å². The molecule has 0 bridgehead atoms. The minimum atomic E-state index is -3.84. The van der Waals surface area contributed by atoms with Gasteiger partial charge in [0.05, 0.1) is 35.5 Å². The molecule has 2 aromatic heterocycles. The number of halogens is 1. The van der Waals surface area contributed by atoms with Gasteiger partial charge in [-0.3, -0.25) is 9.40 Å². The molecule has 0 saturated carbocycles. The first-order valence-electron chi connectivity index (χ1n) is 9.25. The molecule has 0 radical (unpaired) electrons. The number of hydrogen-bond acceptors (Lipinski definition) is 4. The van der Waals surface area contributed by atoms with Gasteiger partial charge < -0.3 is 0 Å². The average Bonchev–Trinajstić information content (AvgIpc) is 3.27. The Morgan fingerprint density at radius 3 is 2.47 bits per heavy atom. The van der Waals surface area contributed by atoms with Crippen LogP contribution in [-0.2, 0) is 16.6 Å². The third kappa shape index (κ3) is 3.96. The first kappa shape index (κ1) is 20.2. The Kier molecular flexibility index (Phi) is 5.36. The minimum Gasteiger partial charge on any atom is -0.276 e. The van der Waals surface area contributed by atoms with Crippen LogP contribution in [0.3, 0.4) is 0 Å². The van der Waals surface area contributed by atoms with E-state index in [1.54, 1.807) is 35.5 Å². The third-order valence-corrected chi connectivity index (χ3v) is 6.67. The van der Waals surface area contributed by atoms with E-state index in [1.165, 1.54) is 6.20 Å². The molecule has 0 aliphatic heterocycles. The molecule has 4 aromatic rings. The quantitative estimate of drug-likeness (QED) is 0.486. The standard InChI is InChI=1S/C21H20ClN5O2S/c1-15-21(16(2)27(24-15)19-9-4-3-5-10-19)30(28,29)25-18-12-23-26(14-18)13-17-8-6-7-11-20(17)22/h3-12,14,25H,13H2,1-2H3. The summed E-state index contributed by atoms with van der Waals surface area (Å²) in [6, 6.07) is 16.9. The lowest BCUT2D eigenvalue weighted by Crippen LogP contribution is -2.14. The number of sulfonamides is 1. The summed E-state index contributed by atoms with van der Waals surface area (Å²) in [5.74, 6) is 0. The van der Waals surface area contributed by atoms with Crippen molar-refractivity contribution in [2.24, 2.45) is 0 Å². The summed E-state index contributed by atoms with van der Waals surface area (Å²) in [5.41, 5.74) is 3.02. The van der Waals surface area contributed by atoms with Gasteiger partial charge in [0.1, 0.15) is 4.90 Å². The number of aromatic nitrogens is 4. The lowest BCUT2D eigenvalue weighted by Gasteiger charge is -2.08. The predicted octanol–water partition coefficient (Wildman–Crippen LogP) is 4.19. The maximum atomic E-state index is 13.1. The molecule has 7 nitrogen and oxygen atoms in total. The van der Waals surface area contributed by atoms with Crippen molar-refractivity contribution in [3.8, 4) is 5.69 Å². The normalized spacial score (nSPS) is 11.6. The number of benzene rings is 2. The highest BCUT2D eigenvalue weighted by atomic mass is 35.5. The zero-order valence-electron chi connectivity index (χ0n) is 16.4. The van der Waals surface area contributed by atoms with Crippen LogP contribution in [0, 0.1) is 13.8 Å². The van der Waals surface area contributed by atoms with E-state index >= 15 is 0 Å². The van der Waals surface area contributed by atoms with Crippen molar-refractivity contribution >= 4 is 27.3 Å². The number of nitrogens with one attached hydrogen (secondary N) is 1. The van der Waals surface area contributed by atoms with Crippen molar-refractivity contribution < 1.29 is 8.42 Å². The number of nitrogens with zero attached hydrogens (tertiary/aromatic N) is 4. The van der Waals surface area contributed by atoms with Crippen molar-refractivity contribution in [1.82, 2.24) is 19.6 Å². The Labute approximate surface area is 180 Å². The molecule has 2 heterocycles. The zero-order valence-corrected chi connectivity index (χ0v) is 18.0.